The van der Waals surface area contributed by atoms with Gasteiger partial charge in [0.25, 0.3) is 5.91 Å². The summed E-state index contributed by atoms with van der Waals surface area (Å²) in [5.41, 5.74) is 7.87. The molecule has 7 nitrogen and oxygen atoms in total. The van der Waals surface area contributed by atoms with Crippen molar-refractivity contribution in [2.45, 2.75) is 6.54 Å². The Hall–Kier alpha value is -2.57. The summed E-state index contributed by atoms with van der Waals surface area (Å²) >= 11 is 0. The van der Waals surface area contributed by atoms with Crippen LogP contribution in [0.2, 0.25) is 0 Å². The Labute approximate surface area is 110 Å². The number of nitrogens with two attached hydrogens (primary N) is 1. The molecule has 0 saturated carbocycles. The lowest BCUT2D eigenvalue weighted by atomic mass is 10.1. The number of H-pyrrole nitrogens is 1. The molecule has 0 spiro atoms. The minimum Gasteiger partial charge on any atom is -0.397 e. The zero-order valence-corrected chi connectivity index (χ0v) is 10.8. The summed E-state index contributed by atoms with van der Waals surface area (Å²) in [6.07, 6.45) is 1.39. The molecule has 0 radical (unpaired) electrons. The van der Waals surface area contributed by atoms with E-state index in [1.807, 2.05) is 25.1 Å². The molecule has 19 heavy (non-hydrogen) atoms. The number of nitrogens with zero attached hydrogens (tertiary/aromatic N) is 3. The standard InChI is InChI=1S/C12H16N6O/c1-18(2)10-4-3-8(5-9(10)13)12(19)14-6-11-15-7-16-17-11/h3-5,7H,6,13H2,1-2H3,(H,14,19)(H,15,16,17). The number of anilines is 2. The third-order valence-electron chi connectivity index (χ3n) is 2.65. The quantitative estimate of drug-likeness (QED) is 0.690. The summed E-state index contributed by atoms with van der Waals surface area (Å²) in [5, 5.41) is 9.11. The van der Waals surface area contributed by atoms with Gasteiger partial charge < -0.3 is 16.0 Å². The van der Waals surface area contributed by atoms with Crippen molar-refractivity contribution in [2.75, 3.05) is 24.7 Å². The molecule has 0 bridgehead atoms. The molecule has 0 aliphatic rings. The summed E-state index contributed by atoms with van der Waals surface area (Å²) in [6.45, 7) is 0.300. The van der Waals surface area contributed by atoms with E-state index in [1.54, 1.807) is 12.1 Å². The normalized spacial score (nSPS) is 10.2. The van der Waals surface area contributed by atoms with Gasteiger partial charge in [-0.2, -0.15) is 5.10 Å². The predicted molar refractivity (Wildman–Crippen MR) is 72.7 cm³/mol. The van der Waals surface area contributed by atoms with Crippen LogP contribution >= 0.6 is 0 Å². The Morgan fingerprint density at radius 1 is 1.47 bits per heavy atom. The maximum atomic E-state index is 11.9. The average molecular weight is 260 g/mol. The smallest absolute Gasteiger partial charge is 0.251 e. The van der Waals surface area contributed by atoms with E-state index in [9.17, 15) is 4.79 Å². The predicted octanol–water partition coefficient (Wildman–Crippen LogP) is 0.383. The van der Waals surface area contributed by atoms with E-state index >= 15 is 0 Å². The van der Waals surface area contributed by atoms with Crippen molar-refractivity contribution in [1.29, 1.82) is 0 Å². The molecule has 1 heterocycles. The van der Waals surface area contributed by atoms with Crippen molar-refractivity contribution in [3.05, 3.63) is 35.9 Å². The van der Waals surface area contributed by atoms with Crippen LogP contribution in [-0.4, -0.2) is 35.2 Å². The van der Waals surface area contributed by atoms with Crippen molar-refractivity contribution in [2.24, 2.45) is 0 Å². The highest BCUT2D eigenvalue weighted by molar-refractivity contribution is 5.96. The molecule has 7 heteroatoms. The number of amides is 1. The SMILES string of the molecule is CN(C)c1ccc(C(=O)NCc2ncn[nH]2)cc1N. The van der Waals surface area contributed by atoms with Crippen LogP contribution in [0.4, 0.5) is 11.4 Å². The molecule has 0 atom stereocenters. The first kappa shape index (κ1) is 12.9. The second kappa shape index (κ2) is 5.38. The zero-order chi connectivity index (χ0) is 13.8. The van der Waals surface area contributed by atoms with Gasteiger partial charge in [-0.05, 0) is 18.2 Å². The van der Waals surface area contributed by atoms with Crippen molar-refractivity contribution in [3.8, 4) is 0 Å². The molecule has 2 rings (SSSR count). The monoisotopic (exact) mass is 260 g/mol. The van der Waals surface area contributed by atoms with Gasteiger partial charge in [-0.15, -0.1) is 0 Å². The number of carbonyl (C=O) groups excluding carboxylic acids is 1. The van der Waals surface area contributed by atoms with Crippen LogP contribution in [0.1, 0.15) is 16.2 Å². The van der Waals surface area contributed by atoms with Gasteiger partial charge in [0.05, 0.1) is 17.9 Å². The van der Waals surface area contributed by atoms with Gasteiger partial charge in [-0.1, -0.05) is 0 Å². The maximum absolute atomic E-state index is 11.9. The number of aromatic nitrogens is 3. The molecular weight excluding hydrogens is 244 g/mol. The Bertz CT molecular complexity index is 564. The summed E-state index contributed by atoms with van der Waals surface area (Å²) in [6, 6.07) is 5.21. The van der Waals surface area contributed by atoms with Gasteiger partial charge in [0, 0.05) is 19.7 Å². The van der Waals surface area contributed by atoms with Gasteiger partial charge in [0.1, 0.15) is 12.2 Å². The van der Waals surface area contributed by atoms with Crippen LogP contribution in [0.5, 0.6) is 0 Å². The maximum Gasteiger partial charge on any atom is 0.251 e. The first-order chi connectivity index (χ1) is 9.08. The number of benzene rings is 1. The minimum atomic E-state index is -0.201. The van der Waals surface area contributed by atoms with Crippen LogP contribution in [0.3, 0.4) is 0 Å². The highest BCUT2D eigenvalue weighted by Crippen LogP contribution is 2.22. The third-order valence-corrected chi connectivity index (χ3v) is 2.65. The van der Waals surface area contributed by atoms with E-state index in [2.05, 4.69) is 20.5 Å². The van der Waals surface area contributed by atoms with Gasteiger partial charge in [-0.3, -0.25) is 9.89 Å². The van der Waals surface area contributed by atoms with Crippen molar-refractivity contribution in [3.63, 3.8) is 0 Å². The van der Waals surface area contributed by atoms with E-state index in [0.29, 0.717) is 23.6 Å². The number of hydrogen-bond donors (Lipinski definition) is 3. The van der Waals surface area contributed by atoms with E-state index in [4.69, 9.17) is 5.73 Å². The van der Waals surface area contributed by atoms with Gasteiger partial charge in [-0.25, -0.2) is 4.98 Å². The van der Waals surface area contributed by atoms with Crippen molar-refractivity contribution in [1.82, 2.24) is 20.5 Å². The Morgan fingerprint density at radius 2 is 2.26 bits per heavy atom. The molecular formula is C12H16N6O. The first-order valence-electron chi connectivity index (χ1n) is 5.77. The Morgan fingerprint density at radius 3 is 2.84 bits per heavy atom. The van der Waals surface area contributed by atoms with E-state index < -0.39 is 0 Å². The second-order valence-corrected chi connectivity index (χ2v) is 4.28. The lowest BCUT2D eigenvalue weighted by Gasteiger charge is -2.15. The molecule has 0 unspecified atom stereocenters. The van der Waals surface area contributed by atoms with Gasteiger partial charge in [0.15, 0.2) is 0 Å². The van der Waals surface area contributed by atoms with E-state index in [0.717, 1.165) is 5.69 Å². The van der Waals surface area contributed by atoms with Crippen molar-refractivity contribution < 1.29 is 4.79 Å². The summed E-state index contributed by atoms with van der Waals surface area (Å²) in [4.78, 5) is 17.7. The fourth-order valence-electron chi connectivity index (χ4n) is 1.69. The Kier molecular flexibility index (Phi) is 3.65. The van der Waals surface area contributed by atoms with E-state index in [1.165, 1.54) is 6.33 Å². The van der Waals surface area contributed by atoms with Crippen LogP contribution in [0.15, 0.2) is 24.5 Å². The van der Waals surface area contributed by atoms with Crippen LogP contribution in [-0.2, 0) is 6.54 Å². The second-order valence-electron chi connectivity index (χ2n) is 4.28. The molecule has 1 aromatic carbocycles. The molecule has 1 amide bonds. The largest absolute Gasteiger partial charge is 0.397 e. The summed E-state index contributed by atoms with van der Waals surface area (Å²) in [5.74, 6) is 0.402. The fourth-order valence-corrected chi connectivity index (χ4v) is 1.69. The average Bonchev–Trinajstić information content (AvgIpc) is 2.88. The first-order valence-corrected chi connectivity index (χ1v) is 5.77. The molecule has 0 aliphatic carbocycles. The number of nitrogens with one attached hydrogen (secondary N) is 2. The zero-order valence-electron chi connectivity index (χ0n) is 10.8. The van der Waals surface area contributed by atoms with E-state index in [-0.39, 0.29) is 5.91 Å². The lowest BCUT2D eigenvalue weighted by molar-refractivity contribution is 0.0950. The fraction of sp³-hybridized carbons (Fsp3) is 0.250. The minimum absolute atomic E-state index is 0.201. The summed E-state index contributed by atoms with van der Waals surface area (Å²) < 4.78 is 0. The molecule has 0 saturated heterocycles. The van der Waals surface area contributed by atoms with Gasteiger partial charge >= 0.3 is 0 Å². The molecule has 100 valence electrons. The highest BCUT2D eigenvalue weighted by Gasteiger charge is 2.09. The number of aromatic amines is 1. The molecule has 2 aromatic rings. The molecule has 0 aliphatic heterocycles. The number of nitrogen functional groups attached to an aromatic ring is 1. The Balaban J connectivity index is 2.05. The highest BCUT2D eigenvalue weighted by atomic mass is 16.1. The van der Waals surface area contributed by atoms with Gasteiger partial charge in [0.2, 0.25) is 0 Å². The third kappa shape index (κ3) is 3.01. The number of hydrogen-bond acceptors (Lipinski definition) is 5. The van der Waals surface area contributed by atoms with Crippen LogP contribution < -0.4 is 16.0 Å². The summed E-state index contributed by atoms with van der Waals surface area (Å²) in [7, 11) is 3.80. The number of rotatable bonds is 4. The topological polar surface area (TPSA) is 99.9 Å². The number of carbonyl (C=O) groups is 1. The molecule has 1 aromatic heterocycles. The van der Waals surface area contributed by atoms with Crippen LogP contribution in [0, 0.1) is 0 Å². The van der Waals surface area contributed by atoms with Crippen LogP contribution in [0.25, 0.3) is 0 Å². The molecule has 0 fully saturated rings. The lowest BCUT2D eigenvalue weighted by Crippen LogP contribution is -2.23. The van der Waals surface area contributed by atoms with Crippen molar-refractivity contribution >= 4 is 17.3 Å². The molecule has 4 N–H and O–H groups in total.